The number of fused-ring (bicyclic) bond motifs is 3. The van der Waals surface area contributed by atoms with Crippen molar-refractivity contribution in [1.82, 2.24) is 19.8 Å². The first-order valence-corrected chi connectivity index (χ1v) is 5.22. The van der Waals surface area contributed by atoms with E-state index in [4.69, 9.17) is 0 Å². The zero-order valence-corrected chi connectivity index (χ0v) is 9.72. The molecule has 1 aliphatic heterocycles. The van der Waals surface area contributed by atoms with Gasteiger partial charge in [-0.2, -0.15) is 19.8 Å². The van der Waals surface area contributed by atoms with Crippen LogP contribution in [-0.2, 0) is 5.54 Å². The molecule has 2 aromatic rings. The molecule has 15 heavy (non-hydrogen) atoms. The third kappa shape index (κ3) is 1.06. The topological polar surface area (TPSA) is 67.8 Å². The molecule has 6 nitrogen and oxygen atoms in total. The van der Waals surface area contributed by atoms with Crippen LogP contribution in [0.25, 0.3) is 5.65 Å². The molecule has 0 amide bonds. The Balaban J connectivity index is 2.51. The van der Waals surface area contributed by atoms with Gasteiger partial charge in [0.1, 0.15) is 17.6 Å². The first-order chi connectivity index (χ1) is 7.09. The summed E-state index contributed by atoms with van der Waals surface area (Å²) in [6.07, 6.45) is 1.56. The molecule has 1 aliphatic rings. The first-order valence-electron chi connectivity index (χ1n) is 4.42. The van der Waals surface area contributed by atoms with Crippen molar-refractivity contribution in [1.29, 1.82) is 0 Å². The summed E-state index contributed by atoms with van der Waals surface area (Å²) in [6.45, 7) is 3.98. The Hall–Kier alpha value is -1.37. The number of nitrogens with zero attached hydrogens (tertiary/aromatic N) is 6. The Bertz CT molecular complexity index is 584. The number of azo groups is 1. The van der Waals surface area contributed by atoms with Crippen molar-refractivity contribution in [2.75, 3.05) is 0 Å². The monoisotopic (exact) mass is 266 g/mol. The minimum Gasteiger partial charge on any atom is -0.199 e. The molecule has 3 rings (SSSR count). The second-order valence-corrected chi connectivity index (χ2v) is 4.62. The van der Waals surface area contributed by atoms with E-state index >= 15 is 0 Å². The summed E-state index contributed by atoms with van der Waals surface area (Å²) < 4.78 is 2.29. The van der Waals surface area contributed by atoms with E-state index in [0.717, 1.165) is 11.3 Å². The quantitative estimate of drug-likeness (QED) is 0.734. The van der Waals surface area contributed by atoms with Crippen LogP contribution in [0, 0.1) is 0 Å². The van der Waals surface area contributed by atoms with Crippen LogP contribution in [0.4, 0.5) is 5.69 Å². The van der Waals surface area contributed by atoms with Gasteiger partial charge in [-0.25, -0.2) is 0 Å². The van der Waals surface area contributed by atoms with Crippen LogP contribution in [0.5, 0.6) is 0 Å². The molecule has 0 saturated carbocycles. The normalized spacial score (nSPS) is 17.3. The second-order valence-electron chi connectivity index (χ2n) is 3.87. The number of hydrogen-bond donors (Lipinski definition) is 0. The van der Waals surface area contributed by atoms with Gasteiger partial charge in [0.05, 0.1) is 5.56 Å². The maximum Gasteiger partial charge on any atom is 0.185 e. The Kier molecular flexibility index (Phi) is 1.54. The van der Waals surface area contributed by atoms with Crippen LogP contribution >= 0.6 is 15.9 Å². The van der Waals surface area contributed by atoms with Crippen molar-refractivity contribution >= 4 is 27.3 Å². The van der Waals surface area contributed by atoms with Crippen LogP contribution < -0.4 is 0 Å². The van der Waals surface area contributed by atoms with E-state index in [-0.39, 0.29) is 5.54 Å². The van der Waals surface area contributed by atoms with Gasteiger partial charge in [-0.1, -0.05) is 0 Å². The van der Waals surface area contributed by atoms with Gasteiger partial charge in [-0.05, 0) is 29.8 Å². The van der Waals surface area contributed by atoms with E-state index in [1.807, 2.05) is 13.8 Å². The minimum absolute atomic E-state index is 0.366. The molecule has 0 spiro atoms. The molecule has 0 atom stereocenters. The molecule has 0 saturated heterocycles. The van der Waals surface area contributed by atoms with Gasteiger partial charge < -0.3 is 0 Å². The zero-order chi connectivity index (χ0) is 10.6. The molecular weight excluding hydrogens is 260 g/mol. The van der Waals surface area contributed by atoms with Crippen molar-refractivity contribution in [2.24, 2.45) is 10.2 Å². The van der Waals surface area contributed by atoms with Crippen LogP contribution in [0.1, 0.15) is 19.4 Å². The lowest BCUT2D eigenvalue weighted by Gasteiger charge is -2.13. The van der Waals surface area contributed by atoms with Gasteiger partial charge in [-0.15, -0.1) is 10.2 Å². The largest absolute Gasteiger partial charge is 0.199 e. The van der Waals surface area contributed by atoms with Crippen molar-refractivity contribution < 1.29 is 0 Å². The van der Waals surface area contributed by atoms with Gasteiger partial charge in [0.2, 0.25) is 0 Å². The maximum atomic E-state index is 4.23. The highest BCUT2D eigenvalue weighted by Crippen LogP contribution is 2.44. The third-order valence-corrected chi connectivity index (χ3v) is 2.93. The van der Waals surface area contributed by atoms with E-state index in [2.05, 4.69) is 41.5 Å². The Morgan fingerprint density at radius 2 is 2.20 bits per heavy atom. The maximum absolute atomic E-state index is 4.23. The van der Waals surface area contributed by atoms with Crippen molar-refractivity contribution in [3.8, 4) is 0 Å². The lowest BCUT2D eigenvalue weighted by atomic mass is 9.97. The summed E-state index contributed by atoms with van der Waals surface area (Å²) in [7, 11) is 0. The summed E-state index contributed by atoms with van der Waals surface area (Å²) >= 11 is 3.36. The van der Waals surface area contributed by atoms with E-state index in [0.29, 0.717) is 10.3 Å². The number of hydrogen-bond acceptors (Lipinski definition) is 5. The SMILES string of the molecule is CC1(C)N=Nc2c(Br)nn3cnnc3c21. The summed E-state index contributed by atoms with van der Waals surface area (Å²) in [5, 5.41) is 20.4. The van der Waals surface area contributed by atoms with E-state index in [1.165, 1.54) is 0 Å². The molecule has 76 valence electrons. The van der Waals surface area contributed by atoms with Gasteiger partial charge in [0.25, 0.3) is 0 Å². The summed E-state index contributed by atoms with van der Waals surface area (Å²) in [5.41, 5.74) is 2.06. The van der Waals surface area contributed by atoms with Gasteiger partial charge in [0.15, 0.2) is 10.3 Å². The van der Waals surface area contributed by atoms with Crippen molar-refractivity contribution in [2.45, 2.75) is 19.4 Å². The Labute approximate surface area is 93.5 Å². The van der Waals surface area contributed by atoms with Crippen LogP contribution in [0.3, 0.4) is 0 Å². The predicted octanol–water partition coefficient (Wildman–Crippen LogP) is 2.22. The molecule has 0 aromatic carbocycles. The summed E-state index contributed by atoms with van der Waals surface area (Å²) in [4.78, 5) is 0. The average Bonchev–Trinajstić information content (AvgIpc) is 2.70. The molecule has 3 heterocycles. The number of rotatable bonds is 0. The molecule has 0 fully saturated rings. The molecule has 0 aliphatic carbocycles. The first kappa shape index (κ1) is 8.90. The highest BCUT2D eigenvalue weighted by atomic mass is 79.9. The molecule has 7 heteroatoms. The fourth-order valence-corrected chi connectivity index (χ4v) is 2.15. The number of halogens is 1. The molecular formula is C8H7BrN6. The lowest BCUT2D eigenvalue weighted by Crippen LogP contribution is -2.12. The molecule has 2 aromatic heterocycles. The number of aromatic nitrogens is 4. The Morgan fingerprint density at radius 3 is 3.00 bits per heavy atom. The van der Waals surface area contributed by atoms with Gasteiger partial charge >= 0.3 is 0 Å². The fourth-order valence-electron chi connectivity index (χ4n) is 1.70. The molecule has 0 N–H and O–H groups in total. The van der Waals surface area contributed by atoms with Crippen molar-refractivity contribution in [3.05, 3.63) is 16.5 Å². The molecule has 0 radical (unpaired) electrons. The smallest absolute Gasteiger partial charge is 0.185 e. The highest BCUT2D eigenvalue weighted by Gasteiger charge is 2.34. The van der Waals surface area contributed by atoms with E-state index in [1.54, 1.807) is 10.8 Å². The third-order valence-electron chi connectivity index (χ3n) is 2.39. The standard InChI is InChI=1S/C8H7BrN6/c1-8(2)4-5(11-14-8)6(9)13-15-3-10-12-7(4)15/h3H,1-2H3. The highest BCUT2D eigenvalue weighted by molar-refractivity contribution is 9.10. The van der Waals surface area contributed by atoms with Gasteiger partial charge in [-0.3, -0.25) is 0 Å². The molecule has 0 unspecified atom stereocenters. The lowest BCUT2D eigenvalue weighted by molar-refractivity contribution is 0.556. The van der Waals surface area contributed by atoms with Crippen LogP contribution in [0.15, 0.2) is 21.2 Å². The van der Waals surface area contributed by atoms with Gasteiger partial charge in [0, 0.05) is 0 Å². The average molecular weight is 267 g/mol. The second kappa shape index (κ2) is 2.60. The summed E-state index contributed by atoms with van der Waals surface area (Å²) in [5.74, 6) is 0. The van der Waals surface area contributed by atoms with Crippen LogP contribution in [0.2, 0.25) is 0 Å². The predicted molar refractivity (Wildman–Crippen MR) is 56.0 cm³/mol. The van der Waals surface area contributed by atoms with Crippen LogP contribution in [-0.4, -0.2) is 19.8 Å². The van der Waals surface area contributed by atoms with E-state index < -0.39 is 0 Å². The Morgan fingerprint density at radius 1 is 1.40 bits per heavy atom. The minimum atomic E-state index is -0.366. The summed E-state index contributed by atoms with van der Waals surface area (Å²) in [6, 6.07) is 0. The molecule has 0 bridgehead atoms. The fraction of sp³-hybridized carbons (Fsp3) is 0.375. The van der Waals surface area contributed by atoms with E-state index in [9.17, 15) is 0 Å². The van der Waals surface area contributed by atoms with Crippen molar-refractivity contribution in [3.63, 3.8) is 0 Å². The zero-order valence-electron chi connectivity index (χ0n) is 8.14.